The molecule has 0 spiro atoms. The van der Waals surface area contributed by atoms with Gasteiger partial charge in [-0.3, -0.25) is 9.59 Å². The molecular formula is C23H38O6. The van der Waals surface area contributed by atoms with Crippen LogP contribution in [-0.4, -0.2) is 44.6 Å². The molecule has 0 radical (unpaired) electrons. The van der Waals surface area contributed by atoms with Gasteiger partial charge >= 0.3 is 11.9 Å². The van der Waals surface area contributed by atoms with E-state index in [0.717, 1.165) is 38.5 Å². The number of unbranched alkanes of at least 4 members (excludes halogenated alkanes) is 1. The fourth-order valence-electron chi connectivity index (χ4n) is 4.06. The maximum atomic E-state index is 10.5. The SMILES string of the molecule is CC1C=CC2=CC(O)CCC2C1CCCCC(O)CC(=O)O.CCC(C)C(=O)O. The van der Waals surface area contributed by atoms with Crippen molar-refractivity contribution in [1.29, 1.82) is 0 Å². The molecule has 29 heavy (non-hydrogen) atoms. The number of allylic oxidation sites excluding steroid dienone is 3. The van der Waals surface area contributed by atoms with E-state index in [-0.39, 0.29) is 18.4 Å². The van der Waals surface area contributed by atoms with Crippen molar-refractivity contribution >= 4 is 11.9 Å². The molecule has 0 aliphatic heterocycles. The lowest BCUT2D eigenvalue weighted by Crippen LogP contribution is -2.30. The van der Waals surface area contributed by atoms with Crippen molar-refractivity contribution in [3.63, 3.8) is 0 Å². The summed E-state index contributed by atoms with van der Waals surface area (Å²) < 4.78 is 0. The summed E-state index contributed by atoms with van der Waals surface area (Å²) in [6.07, 6.45) is 11.4. The Balaban J connectivity index is 0.000000516. The Kier molecular flexibility index (Phi) is 11.2. The average Bonchev–Trinajstić information content (AvgIpc) is 2.65. The Bertz CT molecular complexity index is 582. The van der Waals surface area contributed by atoms with Crippen LogP contribution in [0.2, 0.25) is 0 Å². The van der Waals surface area contributed by atoms with E-state index in [4.69, 9.17) is 10.2 Å². The summed E-state index contributed by atoms with van der Waals surface area (Å²) in [4.78, 5) is 20.5. The van der Waals surface area contributed by atoms with Crippen LogP contribution in [0.4, 0.5) is 0 Å². The largest absolute Gasteiger partial charge is 0.481 e. The molecule has 0 bridgehead atoms. The van der Waals surface area contributed by atoms with Crippen molar-refractivity contribution in [3.05, 3.63) is 23.8 Å². The van der Waals surface area contributed by atoms with Gasteiger partial charge in [0, 0.05) is 0 Å². The molecule has 0 aromatic heterocycles. The molecule has 6 heteroatoms. The van der Waals surface area contributed by atoms with Gasteiger partial charge in [-0.2, -0.15) is 0 Å². The number of fused-ring (bicyclic) bond motifs is 1. The van der Waals surface area contributed by atoms with Crippen LogP contribution in [0.3, 0.4) is 0 Å². The first kappa shape index (κ1) is 25.4. The minimum Gasteiger partial charge on any atom is -0.481 e. The average molecular weight is 411 g/mol. The number of aliphatic hydroxyl groups is 2. The maximum Gasteiger partial charge on any atom is 0.306 e. The summed E-state index contributed by atoms with van der Waals surface area (Å²) in [5, 5.41) is 36.2. The predicted molar refractivity (Wildman–Crippen MR) is 112 cm³/mol. The number of rotatable bonds is 9. The highest BCUT2D eigenvalue weighted by Crippen LogP contribution is 2.42. The minimum atomic E-state index is -0.936. The molecule has 4 N–H and O–H groups in total. The zero-order valence-electron chi connectivity index (χ0n) is 18.0. The van der Waals surface area contributed by atoms with Crippen LogP contribution < -0.4 is 0 Å². The van der Waals surface area contributed by atoms with E-state index in [0.29, 0.717) is 24.2 Å². The van der Waals surface area contributed by atoms with E-state index in [2.05, 4.69) is 19.1 Å². The van der Waals surface area contributed by atoms with Gasteiger partial charge < -0.3 is 20.4 Å². The predicted octanol–water partition coefficient (Wildman–Crippen LogP) is 4.02. The van der Waals surface area contributed by atoms with E-state index in [9.17, 15) is 19.8 Å². The van der Waals surface area contributed by atoms with E-state index in [1.165, 1.54) is 5.57 Å². The van der Waals surface area contributed by atoms with Gasteiger partial charge in [-0.25, -0.2) is 0 Å². The van der Waals surface area contributed by atoms with E-state index in [1.54, 1.807) is 6.92 Å². The lowest BCUT2D eigenvalue weighted by Gasteiger charge is -2.38. The first-order chi connectivity index (χ1) is 13.6. The summed E-state index contributed by atoms with van der Waals surface area (Å²) >= 11 is 0. The van der Waals surface area contributed by atoms with Crippen molar-refractivity contribution in [2.75, 3.05) is 0 Å². The fourth-order valence-corrected chi connectivity index (χ4v) is 4.06. The molecule has 0 fully saturated rings. The zero-order valence-corrected chi connectivity index (χ0v) is 18.0. The molecule has 0 heterocycles. The summed E-state index contributed by atoms with van der Waals surface area (Å²) in [7, 11) is 0. The van der Waals surface area contributed by atoms with Gasteiger partial charge in [-0.05, 0) is 55.4 Å². The van der Waals surface area contributed by atoms with Gasteiger partial charge in [0.25, 0.3) is 0 Å². The Labute approximate surface area is 174 Å². The molecule has 0 saturated carbocycles. The van der Waals surface area contributed by atoms with E-state index < -0.39 is 18.0 Å². The van der Waals surface area contributed by atoms with E-state index >= 15 is 0 Å². The smallest absolute Gasteiger partial charge is 0.306 e. The van der Waals surface area contributed by atoms with Crippen molar-refractivity contribution in [1.82, 2.24) is 0 Å². The number of hydrogen-bond donors (Lipinski definition) is 4. The Morgan fingerprint density at radius 2 is 1.90 bits per heavy atom. The van der Waals surface area contributed by atoms with Gasteiger partial charge in [0.2, 0.25) is 0 Å². The quantitative estimate of drug-likeness (QED) is 0.427. The molecular weight excluding hydrogens is 372 g/mol. The number of carboxylic acids is 2. The van der Waals surface area contributed by atoms with Crippen molar-refractivity contribution < 1.29 is 30.0 Å². The van der Waals surface area contributed by atoms with Crippen LogP contribution in [0.5, 0.6) is 0 Å². The molecule has 6 atom stereocenters. The van der Waals surface area contributed by atoms with Crippen LogP contribution in [0.25, 0.3) is 0 Å². The fraction of sp³-hybridized carbons (Fsp3) is 0.739. The van der Waals surface area contributed by atoms with Crippen LogP contribution in [0.1, 0.15) is 72.1 Å². The van der Waals surface area contributed by atoms with Gasteiger partial charge in [0.15, 0.2) is 0 Å². The third-order valence-corrected chi connectivity index (χ3v) is 6.14. The molecule has 6 nitrogen and oxygen atoms in total. The Hall–Kier alpha value is -1.66. The number of carbonyl (C=O) groups is 2. The lowest BCUT2D eigenvalue weighted by atomic mass is 9.67. The lowest BCUT2D eigenvalue weighted by molar-refractivity contribution is -0.141. The molecule has 2 aliphatic rings. The van der Waals surface area contributed by atoms with Crippen LogP contribution in [-0.2, 0) is 9.59 Å². The van der Waals surface area contributed by atoms with Crippen LogP contribution in [0.15, 0.2) is 23.8 Å². The molecule has 2 rings (SSSR count). The second-order valence-electron chi connectivity index (χ2n) is 8.48. The van der Waals surface area contributed by atoms with E-state index in [1.807, 2.05) is 13.0 Å². The second-order valence-corrected chi connectivity index (χ2v) is 8.48. The van der Waals surface area contributed by atoms with Gasteiger partial charge in [0.1, 0.15) is 0 Å². The third-order valence-electron chi connectivity index (χ3n) is 6.14. The van der Waals surface area contributed by atoms with Gasteiger partial charge in [0.05, 0.1) is 24.5 Å². The summed E-state index contributed by atoms with van der Waals surface area (Å²) in [6, 6.07) is 0. The van der Waals surface area contributed by atoms with Crippen molar-refractivity contribution in [2.45, 2.75) is 84.3 Å². The highest BCUT2D eigenvalue weighted by molar-refractivity contribution is 5.69. The molecule has 0 aromatic rings. The highest BCUT2D eigenvalue weighted by Gasteiger charge is 2.33. The molecule has 166 valence electrons. The molecule has 2 aliphatic carbocycles. The minimum absolute atomic E-state index is 0.157. The Morgan fingerprint density at radius 1 is 1.21 bits per heavy atom. The van der Waals surface area contributed by atoms with Gasteiger partial charge in [-0.1, -0.05) is 51.8 Å². The zero-order chi connectivity index (χ0) is 22.0. The summed E-state index contributed by atoms with van der Waals surface area (Å²) in [6.45, 7) is 5.81. The molecule has 0 saturated heterocycles. The number of hydrogen-bond acceptors (Lipinski definition) is 4. The standard InChI is InChI=1S/C18H28O4.C5H10O2/c1-12-6-7-13-10-15(20)8-9-17(13)16(12)5-3-2-4-14(19)11-18(21)22;1-3-4(2)5(6)7/h6-7,10,12,14-17,19-20H,2-5,8-9,11H2,1H3,(H,21,22);4H,3H2,1-2H3,(H,6,7). The van der Waals surface area contributed by atoms with Crippen LogP contribution in [0, 0.1) is 23.7 Å². The monoisotopic (exact) mass is 410 g/mol. The number of aliphatic carboxylic acids is 2. The Morgan fingerprint density at radius 3 is 2.45 bits per heavy atom. The molecule has 6 unspecified atom stereocenters. The first-order valence-corrected chi connectivity index (χ1v) is 10.9. The van der Waals surface area contributed by atoms with Gasteiger partial charge in [-0.15, -0.1) is 0 Å². The summed E-state index contributed by atoms with van der Waals surface area (Å²) in [5.41, 5.74) is 1.28. The normalized spacial score (nSPS) is 27.7. The van der Waals surface area contributed by atoms with Crippen LogP contribution >= 0.6 is 0 Å². The number of aliphatic hydroxyl groups excluding tert-OH is 2. The molecule has 0 aromatic carbocycles. The second kappa shape index (κ2) is 12.8. The third kappa shape index (κ3) is 9.13. The summed E-state index contributed by atoms with van der Waals surface area (Å²) in [5.74, 6) is -0.134. The molecule has 0 amide bonds. The topological polar surface area (TPSA) is 115 Å². The first-order valence-electron chi connectivity index (χ1n) is 10.9. The van der Waals surface area contributed by atoms with Crippen molar-refractivity contribution in [3.8, 4) is 0 Å². The highest BCUT2D eigenvalue weighted by atomic mass is 16.4. The number of carboxylic acid groups (broad SMARTS) is 2. The van der Waals surface area contributed by atoms with Crippen molar-refractivity contribution in [2.24, 2.45) is 23.7 Å². The maximum absolute atomic E-state index is 10.5.